The van der Waals surface area contributed by atoms with E-state index in [4.69, 9.17) is 5.73 Å². The number of amides is 1. The Bertz CT molecular complexity index is 564. The molecule has 4 nitrogen and oxygen atoms in total. The molecule has 2 aromatic rings. The molecule has 1 heterocycles. The average Bonchev–Trinajstić information content (AvgIpc) is 2.42. The lowest BCUT2D eigenvalue weighted by atomic mass is 10.1. The highest BCUT2D eigenvalue weighted by Gasteiger charge is 2.06. The fourth-order valence-corrected chi connectivity index (χ4v) is 1.78. The molecule has 0 radical (unpaired) electrons. The van der Waals surface area contributed by atoms with Gasteiger partial charge in [-0.15, -0.1) is 0 Å². The Kier molecular flexibility index (Phi) is 4.26. The van der Waals surface area contributed by atoms with Crippen LogP contribution in [0.2, 0.25) is 0 Å². The maximum absolute atomic E-state index is 12.1. The van der Waals surface area contributed by atoms with Gasteiger partial charge in [-0.25, -0.2) is 0 Å². The van der Waals surface area contributed by atoms with Crippen LogP contribution in [0.1, 0.15) is 21.6 Å². The second-order valence-corrected chi connectivity index (χ2v) is 4.38. The summed E-state index contributed by atoms with van der Waals surface area (Å²) in [4.78, 5) is 16.2. The predicted molar refractivity (Wildman–Crippen MR) is 76.1 cm³/mol. The van der Waals surface area contributed by atoms with Gasteiger partial charge in [0.1, 0.15) is 0 Å². The Labute approximate surface area is 112 Å². The number of pyridine rings is 1. The number of aromatic nitrogens is 1. The van der Waals surface area contributed by atoms with Crippen molar-refractivity contribution in [3.8, 4) is 0 Å². The van der Waals surface area contributed by atoms with Crippen LogP contribution in [0.15, 0.2) is 42.6 Å². The third-order valence-electron chi connectivity index (χ3n) is 2.79. The number of aryl methyl sites for hydroxylation is 1. The van der Waals surface area contributed by atoms with Crippen molar-refractivity contribution >= 4 is 11.6 Å². The van der Waals surface area contributed by atoms with Crippen LogP contribution < -0.4 is 11.1 Å². The summed E-state index contributed by atoms with van der Waals surface area (Å²) in [5.74, 6) is -0.135. The summed E-state index contributed by atoms with van der Waals surface area (Å²) in [6, 6.07) is 11.2. The van der Waals surface area contributed by atoms with E-state index in [9.17, 15) is 4.79 Å². The molecule has 0 saturated carbocycles. The third kappa shape index (κ3) is 3.63. The zero-order valence-electron chi connectivity index (χ0n) is 10.9. The number of nitrogens with zero attached hydrogens (tertiary/aromatic N) is 1. The topological polar surface area (TPSA) is 68.0 Å². The molecule has 0 aliphatic carbocycles. The minimum Gasteiger partial charge on any atom is -0.330 e. The lowest BCUT2D eigenvalue weighted by Gasteiger charge is -2.06. The number of hydrogen-bond acceptors (Lipinski definition) is 3. The minimum absolute atomic E-state index is 0.135. The Morgan fingerprint density at radius 2 is 2.16 bits per heavy atom. The standard InChI is InChI=1S/C15H17N3O/c1-11-5-6-14(10-17-11)18-15(19)13-4-2-3-12(9-13)7-8-16/h2-6,9-10H,7-8,16H2,1H3,(H,18,19). The molecule has 1 amide bonds. The fraction of sp³-hybridized carbons (Fsp3) is 0.200. The number of nitrogens with two attached hydrogens (primary N) is 1. The Balaban J connectivity index is 2.11. The van der Waals surface area contributed by atoms with Crippen molar-refractivity contribution in [2.45, 2.75) is 13.3 Å². The van der Waals surface area contributed by atoms with Crippen LogP contribution in [0.5, 0.6) is 0 Å². The maximum atomic E-state index is 12.1. The summed E-state index contributed by atoms with van der Waals surface area (Å²) in [5.41, 5.74) is 8.83. The van der Waals surface area contributed by atoms with Crippen LogP contribution >= 0.6 is 0 Å². The van der Waals surface area contributed by atoms with Gasteiger partial charge in [-0.1, -0.05) is 12.1 Å². The van der Waals surface area contributed by atoms with Gasteiger partial charge in [0.15, 0.2) is 0 Å². The monoisotopic (exact) mass is 255 g/mol. The average molecular weight is 255 g/mol. The van der Waals surface area contributed by atoms with E-state index in [-0.39, 0.29) is 5.91 Å². The van der Waals surface area contributed by atoms with Crippen LogP contribution in [0.3, 0.4) is 0 Å². The van der Waals surface area contributed by atoms with Crippen molar-refractivity contribution < 1.29 is 4.79 Å². The fourth-order valence-electron chi connectivity index (χ4n) is 1.78. The van der Waals surface area contributed by atoms with Crippen molar-refractivity contribution in [3.63, 3.8) is 0 Å². The van der Waals surface area contributed by atoms with E-state index in [1.807, 2.05) is 37.3 Å². The van der Waals surface area contributed by atoms with Gasteiger partial charge >= 0.3 is 0 Å². The van der Waals surface area contributed by atoms with E-state index < -0.39 is 0 Å². The molecule has 3 N–H and O–H groups in total. The molecule has 2 rings (SSSR count). The molecule has 0 atom stereocenters. The summed E-state index contributed by atoms with van der Waals surface area (Å²) in [5, 5.41) is 2.82. The number of benzene rings is 1. The minimum atomic E-state index is -0.135. The van der Waals surface area contributed by atoms with E-state index >= 15 is 0 Å². The zero-order valence-corrected chi connectivity index (χ0v) is 10.9. The molecule has 0 aliphatic rings. The van der Waals surface area contributed by atoms with Crippen LogP contribution in [0, 0.1) is 6.92 Å². The first-order valence-electron chi connectivity index (χ1n) is 6.22. The Morgan fingerprint density at radius 3 is 2.84 bits per heavy atom. The first-order valence-corrected chi connectivity index (χ1v) is 6.22. The van der Waals surface area contributed by atoms with E-state index in [1.54, 1.807) is 12.3 Å². The number of hydrogen-bond donors (Lipinski definition) is 2. The summed E-state index contributed by atoms with van der Waals surface area (Å²) in [6.07, 6.45) is 2.42. The molecular weight excluding hydrogens is 238 g/mol. The van der Waals surface area contributed by atoms with Gasteiger partial charge < -0.3 is 11.1 Å². The van der Waals surface area contributed by atoms with Crippen LogP contribution in [0.25, 0.3) is 0 Å². The molecule has 0 aliphatic heterocycles. The largest absolute Gasteiger partial charge is 0.330 e. The third-order valence-corrected chi connectivity index (χ3v) is 2.79. The molecule has 0 unspecified atom stereocenters. The van der Waals surface area contributed by atoms with Gasteiger partial charge in [0.2, 0.25) is 0 Å². The lowest BCUT2D eigenvalue weighted by molar-refractivity contribution is 0.102. The molecule has 0 bridgehead atoms. The summed E-state index contributed by atoms with van der Waals surface area (Å²) in [6.45, 7) is 2.48. The molecule has 0 fully saturated rings. The van der Waals surface area contributed by atoms with Gasteiger partial charge in [0, 0.05) is 11.3 Å². The number of carbonyl (C=O) groups excluding carboxylic acids is 1. The smallest absolute Gasteiger partial charge is 0.255 e. The van der Waals surface area contributed by atoms with Crippen molar-refractivity contribution in [3.05, 3.63) is 59.4 Å². The number of rotatable bonds is 4. The number of nitrogens with one attached hydrogen (secondary N) is 1. The summed E-state index contributed by atoms with van der Waals surface area (Å²) < 4.78 is 0. The van der Waals surface area contributed by atoms with Gasteiger partial charge in [0.25, 0.3) is 5.91 Å². The Morgan fingerprint density at radius 1 is 1.32 bits per heavy atom. The predicted octanol–water partition coefficient (Wildman–Crippen LogP) is 2.14. The SMILES string of the molecule is Cc1ccc(NC(=O)c2cccc(CCN)c2)cn1. The maximum Gasteiger partial charge on any atom is 0.255 e. The van der Waals surface area contributed by atoms with Crippen molar-refractivity contribution in [1.29, 1.82) is 0 Å². The second-order valence-electron chi connectivity index (χ2n) is 4.38. The van der Waals surface area contributed by atoms with Gasteiger partial charge in [0.05, 0.1) is 11.9 Å². The van der Waals surface area contributed by atoms with Gasteiger partial charge in [-0.05, 0) is 49.7 Å². The molecule has 98 valence electrons. The normalized spacial score (nSPS) is 10.2. The van der Waals surface area contributed by atoms with E-state index in [1.165, 1.54) is 0 Å². The zero-order chi connectivity index (χ0) is 13.7. The molecule has 0 spiro atoms. The molecule has 19 heavy (non-hydrogen) atoms. The molecule has 4 heteroatoms. The highest BCUT2D eigenvalue weighted by atomic mass is 16.1. The molecule has 1 aromatic heterocycles. The van der Waals surface area contributed by atoms with Crippen molar-refractivity contribution in [2.75, 3.05) is 11.9 Å². The van der Waals surface area contributed by atoms with E-state index in [0.717, 1.165) is 17.7 Å². The van der Waals surface area contributed by atoms with Crippen LogP contribution in [0.4, 0.5) is 5.69 Å². The molecule has 0 saturated heterocycles. The highest BCUT2D eigenvalue weighted by molar-refractivity contribution is 6.04. The highest BCUT2D eigenvalue weighted by Crippen LogP contribution is 2.10. The molecule has 1 aromatic carbocycles. The van der Waals surface area contributed by atoms with E-state index in [2.05, 4.69) is 10.3 Å². The Hall–Kier alpha value is -2.20. The molecular formula is C15H17N3O. The van der Waals surface area contributed by atoms with Gasteiger partial charge in [-0.3, -0.25) is 9.78 Å². The van der Waals surface area contributed by atoms with Crippen molar-refractivity contribution in [2.24, 2.45) is 5.73 Å². The first kappa shape index (κ1) is 13.2. The number of carbonyl (C=O) groups is 1. The lowest BCUT2D eigenvalue weighted by Crippen LogP contribution is -2.13. The number of anilines is 1. The first-order chi connectivity index (χ1) is 9.19. The quantitative estimate of drug-likeness (QED) is 0.879. The summed E-state index contributed by atoms with van der Waals surface area (Å²) in [7, 11) is 0. The van der Waals surface area contributed by atoms with Crippen LogP contribution in [-0.2, 0) is 6.42 Å². The summed E-state index contributed by atoms with van der Waals surface area (Å²) >= 11 is 0. The van der Waals surface area contributed by atoms with Crippen LogP contribution in [-0.4, -0.2) is 17.4 Å². The van der Waals surface area contributed by atoms with E-state index in [0.29, 0.717) is 17.8 Å². The second kappa shape index (κ2) is 6.11. The van der Waals surface area contributed by atoms with Gasteiger partial charge in [-0.2, -0.15) is 0 Å². The van der Waals surface area contributed by atoms with Crippen molar-refractivity contribution in [1.82, 2.24) is 4.98 Å².